The smallest absolute Gasteiger partial charge is 0.307 e. The van der Waals surface area contributed by atoms with Crippen LogP contribution in [0.5, 0.6) is 0 Å². The molecule has 1 aliphatic heterocycles. The van der Waals surface area contributed by atoms with Crippen LogP contribution in [0.2, 0.25) is 0 Å². The molecule has 3 nitrogen and oxygen atoms in total. The Hall–Kier alpha value is -0.570. The first-order valence-corrected chi connectivity index (χ1v) is 8.26. The van der Waals surface area contributed by atoms with E-state index < -0.39 is 0 Å². The van der Waals surface area contributed by atoms with E-state index >= 15 is 0 Å². The minimum absolute atomic E-state index is 0.0182. The van der Waals surface area contributed by atoms with Crippen LogP contribution in [-0.4, -0.2) is 18.7 Å². The van der Waals surface area contributed by atoms with Crippen molar-refractivity contribution in [3.05, 3.63) is 0 Å². The van der Waals surface area contributed by atoms with E-state index in [1.165, 1.54) is 57.8 Å². The molecule has 0 bridgehead atoms. The Bertz CT molecular complexity index is 225. The highest BCUT2D eigenvalue weighted by atomic mass is 16.6. The highest BCUT2D eigenvalue weighted by molar-refractivity contribution is 5.69. The van der Waals surface area contributed by atoms with Gasteiger partial charge >= 0.3 is 5.97 Å². The van der Waals surface area contributed by atoms with E-state index in [1.54, 1.807) is 0 Å². The molecule has 0 aromatic carbocycles. The van der Waals surface area contributed by atoms with E-state index in [-0.39, 0.29) is 12.2 Å². The molecule has 1 aliphatic rings. The normalized spacial score (nSPS) is 19.3. The summed E-state index contributed by atoms with van der Waals surface area (Å²) >= 11 is 0. The fourth-order valence-corrected chi connectivity index (χ4v) is 2.54. The van der Waals surface area contributed by atoms with Gasteiger partial charge in [-0.15, -0.1) is 0 Å². The molecule has 1 heterocycles. The van der Waals surface area contributed by atoms with E-state index in [0.717, 1.165) is 19.4 Å². The van der Waals surface area contributed by atoms with Crippen molar-refractivity contribution in [2.24, 2.45) is 0 Å². The van der Waals surface area contributed by atoms with Crippen LogP contribution < -0.4 is 5.32 Å². The highest BCUT2D eigenvalue weighted by Gasteiger charge is 2.16. The minimum Gasteiger partial charge on any atom is -0.447 e. The van der Waals surface area contributed by atoms with Gasteiger partial charge in [0.2, 0.25) is 0 Å². The summed E-state index contributed by atoms with van der Waals surface area (Å²) in [5, 5.41) is 3.24. The first-order chi connectivity index (χ1) is 9.33. The van der Waals surface area contributed by atoms with Crippen molar-refractivity contribution >= 4 is 5.97 Å². The Kier molecular flexibility index (Phi) is 9.78. The molecule has 112 valence electrons. The molecule has 19 heavy (non-hydrogen) atoms. The van der Waals surface area contributed by atoms with Crippen LogP contribution >= 0.6 is 0 Å². The van der Waals surface area contributed by atoms with E-state index in [0.29, 0.717) is 6.42 Å². The monoisotopic (exact) mass is 269 g/mol. The van der Waals surface area contributed by atoms with E-state index in [4.69, 9.17) is 4.74 Å². The standard InChI is InChI=1S/C16H31NO2/c1-2-3-4-5-6-7-8-9-13-16(18)19-15-12-10-11-14-17-15/h15,17H,2-14H2,1H3. The van der Waals surface area contributed by atoms with Gasteiger partial charge in [-0.25, -0.2) is 0 Å². The van der Waals surface area contributed by atoms with Crippen molar-refractivity contribution in [3.63, 3.8) is 0 Å². The van der Waals surface area contributed by atoms with Gasteiger partial charge in [0.1, 0.15) is 0 Å². The first-order valence-electron chi connectivity index (χ1n) is 8.26. The summed E-state index contributed by atoms with van der Waals surface area (Å²) in [4.78, 5) is 11.6. The molecule has 0 aliphatic carbocycles. The molecule has 0 aromatic rings. The van der Waals surface area contributed by atoms with Crippen LogP contribution in [0.1, 0.15) is 84.0 Å². The first kappa shape index (κ1) is 16.5. The Labute approximate surface area is 118 Å². The second kappa shape index (κ2) is 11.3. The molecule has 1 fully saturated rings. The van der Waals surface area contributed by atoms with Crippen LogP contribution in [0.4, 0.5) is 0 Å². The third-order valence-electron chi connectivity index (χ3n) is 3.77. The summed E-state index contributed by atoms with van der Waals surface area (Å²) < 4.78 is 5.40. The minimum atomic E-state index is -0.0228. The number of piperidine rings is 1. The van der Waals surface area contributed by atoms with Crippen molar-refractivity contribution in [1.29, 1.82) is 0 Å². The number of hydrogen-bond acceptors (Lipinski definition) is 3. The van der Waals surface area contributed by atoms with Gasteiger partial charge in [-0.2, -0.15) is 0 Å². The molecular weight excluding hydrogens is 238 g/mol. The average Bonchev–Trinajstić information content (AvgIpc) is 2.43. The zero-order chi connectivity index (χ0) is 13.8. The largest absolute Gasteiger partial charge is 0.447 e. The maximum atomic E-state index is 11.6. The van der Waals surface area contributed by atoms with Crippen LogP contribution in [0, 0.1) is 0 Å². The summed E-state index contributed by atoms with van der Waals surface area (Å²) in [5.74, 6) is -0.0228. The number of ether oxygens (including phenoxy) is 1. The predicted molar refractivity (Wildman–Crippen MR) is 79.0 cm³/mol. The molecule has 0 radical (unpaired) electrons. The fraction of sp³-hybridized carbons (Fsp3) is 0.938. The van der Waals surface area contributed by atoms with Crippen molar-refractivity contribution in [1.82, 2.24) is 5.32 Å². The van der Waals surface area contributed by atoms with E-state index in [2.05, 4.69) is 12.2 Å². The maximum Gasteiger partial charge on any atom is 0.307 e. The van der Waals surface area contributed by atoms with Gasteiger partial charge in [-0.05, 0) is 32.2 Å². The number of carbonyl (C=O) groups is 1. The molecular formula is C16H31NO2. The number of rotatable bonds is 10. The SMILES string of the molecule is CCCCCCCCCCC(=O)OC1CCCCN1. The zero-order valence-corrected chi connectivity index (χ0v) is 12.6. The van der Waals surface area contributed by atoms with Crippen LogP contribution in [0.3, 0.4) is 0 Å². The molecule has 0 amide bonds. The second-order valence-corrected chi connectivity index (χ2v) is 5.65. The Balaban J connectivity index is 1.87. The van der Waals surface area contributed by atoms with Crippen molar-refractivity contribution in [3.8, 4) is 0 Å². The lowest BCUT2D eigenvalue weighted by Gasteiger charge is -2.23. The second-order valence-electron chi connectivity index (χ2n) is 5.65. The van der Waals surface area contributed by atoms with Crippen LogP contribution in [0.15, 0.2) is 0 Å². The predicted octanol–water partition coefficient (Wildman–Crippen LogP) is 4.16. The molecule has 0 aromatic heterocycles. The zero-order valence-electron chi connectivity index (χ0n) is 12.6. The summed E-state index contributed by atoms with van der Waals surface area (Å²) in [6.45, 7) is 3.22. The molecule has 1 rings (SSSR count). The number of nitrogens with one attached hydrogen (secondary N) is 1. The molecule has 1 atom stereocenters. The lowest BCUT2D eigenvalue weighted by Crippen LogP contribution is -2.37. The Morgan fingerprint density at radius 3 is 2.37 bits per heavy atom. The average molecular weight is 269 g/mol. The van der Waals surface area contributed by atoms with Gasteiger partial charge < -0.3 is 4.74 Å². The molecule has 3 heteroatoms. The van der Waals surface area contributed by atoms with Gasteiger partial charge in [0, 0.05) is 6.42 Å². The third kappa shape index (κ3) is 9.04. The Morgan fingerprint density at radius 1 is 1.05 bits per heavy atom. The third-order valence-corrected chi connectivity index (χ3v) is 3.77. The lowest BCUT2D eigenvalue weighted by atomic mass is 10.1. The van der Waals surface area contributed by atoms with Gasteiger partial charge in [0.15, 0.2) is 6.23 Å². The van der Waals surface area contributed by atoms with Gasteiger partial charge in [0.05, 0.1) is 0 Å². The topological polar surface area (TPSA) is 38.3 Å². The van der Waals surface area contributed by atoms with Crippen molar-refractivity contribution < 1.29 is 9.53 Å². The fourth-order valence-electron chi connectivity index (χ4n) is 2.54. The molecule has 1 N–H and O–H groups in total. The summed E-state index contributed by atoms with van der Waals surface area (Å²) in [5.41, 5.74) is 0. The number of carbonyl (C=O) groups excluding carboxylic acids is 1. The number of hydrogen-bond donors (Lipinski definition) is 1. The molecule has 0 spiro atoms. The van der Waals surface area contributed by atoms with Crippen molar-refractivity contribution in [2.45, 2.75) is 90.2 Å². The number of esters is 1. The maximum absolute atomic E-state index is 11.6. The summed E-state index contributed by atoms with van der Waals surface area (Å²) in [6, 6.07) is 0. The summed E-state index contributed by atoms with van der Waals surface area (Å²) in [7, 11) is 0. The van der Waals surface area contributed by atoms with Gasteiger partial charge in [0.25, 0.3) is 0 Å². The number of unbranched alkanes of at least 4 members (excludes halogenated alkanes) is 7. The van der Waals surface area contributed by atoms with Crippen LogP contribution in [0.25, 0.3) is 0 Å². The molecule has 1 unspecified atom stereocenters. The van der Waals surface area contributed by atoms with E-state index in [1.807, 2.05) is 0 Å². The quantitative estimate of drug-likeness (QED) is 0.478. The van der Waals surface area contributed by atoms with Gasteiger partial charge in [-0.1, -0.05) is 51.9 Å². The summed E-state index contributed by atoms with van der Waals surface area (Å²) in [6.07, 6.45) is 14.0. The molecule has 0 saturated carbocycles. The van der Waals surface area contributed by atoms with E-state index in [9.17, 15) is 4.79 Å². The lowest BCUT2D eigenvalue weighted by molar-refractivity contribution is -0.152. The van der Waals surface area contributed by atoms with Gasteiger partial charge in [-0.3, -0.25) is 10.1 Å². The van der Waals surface area contributed by atoms with Crippen molar-refractivity contribution in [2.75, 3.05) is 6.54 Å². The van der Waals surface area contributed by atoms with Crippen LogP contribution in [-0.2, 0) is 9.53 Å². The molecule has 1 saturated heterocycles. The Morgan fingerprint density at radius 2 is 1.74 bits per heavy atom. The highest BCUT2D eigenvalue weighted by Crippen LogP contribution is 2.12.